The Bertz CT molecular complexity index is 280. The van der Waals surface area contributed by atoms with Crippen molar-refractivity contribution in [2.24, 2.45) is 23.7 Å². The summed E-state index contributed by atoms with van der Waals surface area (Å²) in [5.41, 5.74) is -0.164. The molecule has 0 saturated heterocycles. The Morgan fingerprint density at radius 1 is 1.19 bits per heavy atom. The van der Waals surface area contributed by atoms with E-state index in [0.29, 0.717) is 11.8 Å². The molecule has 1 radical (unpaired) electrons. The van der Waals surface area contributed by atoms with Gasteiger partial charge in [-0.2, -0.15) is 0 Å². The molecule has 0 spiro atoms. The van der Waals surface area contributed by atoms with Crippen molar-refractivity contribution in [3.05, 3.63) is 6.92 Å². The van der Waals surface area contributed by atoms with Crippen LogP contribution >= 0.6 is 0 Å². The highest BCUT2D eigenvalue weighted by atomic mass is 16.6. The van der Waals surface area contributed by atoms with Crippen molar-refractivity contribution in [1.29, 1.82) is 0 Å². The molecule has 89 valence electrons. The smallest absolute Gasteiger partial charge is 0.306 e. The minimum absolute atomic E-state index is 0.116. The van der Waals surface area contributed by atoms with Crippen molar-refractivity contribution in [3.8, 4) is 0 Å². The van der Waals surface area contributed by atoms with Crippen molar-refractivity contribution >= 4 is 5.97 Å². The molecule has 4 saturated carbocycles. The number of carbonyl (C=O) groups excluding carboxylic acids is 1. The molecule has 0 N–H and O–H groups in total. The van der Waals surface area contributed by atoms with Crippen LogP contribution in [-0.2, 0) is 9.53 Å². The molecule has 0 aromatic heterocycles. The molecule has 2 heteroatoms. The van der Waals surface area contributed by atoms with E-state index in [1.165, 1.54) is 32.1 Å². The first kappa shape index (κ1) is 10.6. The van der Waals surface area contributed by atoms with E-state index in [-0.39, 0.29) is 18.0 Å². The fourth-order valence-electron chi connectivity index (χ4n) is 4.58. The van der Waals surface area contributed by atoms with Crippen LogP contribution in [0.3, 0.4) is 0 Å². The van der Waals surface area contributed by atoms with Crippen molar-refractivity contribution in [2.75, 3.05) is 0 Å². The van der Waals surface area contributed by atoms with Gasteiger partial charge in [-0.15, -0.1) is 0 Å². The second kappa shape index (κ2) is 3.48. The van der Waals surface area contributed by atoms with E-state index in [4.69, 9.17) is 4.74 Å². The lowest BCUT2D eigenvalue weighted by Gasteiger charge is -2.59. The molecule has 0 aliphatic heterocycles. The average Bonchev–Trinajstić information content (AvgIpc) is 2.25. The average molecular weight is 221 g/mol. The van der Waals surface area contributed by atoms with E-state index in [1.54, 1.807) is 0 Å². The number of hydrogen-bond acceptors (Lipinski definition) is 2. The van der Waals surface area contributed by atoms with E-state index in [9.17, 15) is 4.79 Å². The van der Waals surface area contributed by atoms with Gasteiger partial charge in [-0.25, -0.2) is 0 Å². The Morgan fingerprint density at radius 3 is 2.12 bits per heavy atom. The summed E-state index contributed by atoms with van der Waals surface area (Å²) in [6.07, 6.45) is 6.85. The third-order valence-corrected chi connectivity index (χ3v) is 5.30. The maximum absolute atomic E-state index is 11.5. The van der Waals surface area contributed by atoms with Crippen molar-refractivity contribution in [3.63, 3.8) is 0 Å². The Morgan fingerprint density at radius 2 is 1.69 bits per heavy atom. The molecule has 0 atom stereocenters. The topological polar surface area (TPSA) is 26.3 Å². The van der Waals surface area contributed by atoms with E-state index in [2.05, 4.69) is 13.8 Å². The van der Waals surface area contributed by atoms with Crippen LogP contribution in [0.25, 0.3) is 0 Å². The Kier molecular flexibility index (Phi) is 2.31. The van der Waals surface area contributed by atoms with Gasteiger partial charge in [0, 0.05) is 6.42 Å². The first-order valence-corrected chi connectivity index (χ1v) is 6.63. The molecule has 4 fully saturated rings. The van der Waals surface area contributed by atoms with E-state index >= 15 is 0 Å². The molecule has 0 aromatic carbocycles. The van der Waals surface area contributed by atoms with Gasteiger partial charge in [-0.05, 0) is 69.6 Å². The molecule has 0 amide bonds. The van der Waals surface area contributed by atoms with Crippen molar-refractivity contribution in [2.45, 2.75) is 51.0 Å². The zero-order chi connectivity index (χ0) is 11.3. The summed E-state index contributed by atoms with van der Waals surface area (Å²) in [4.78, 5) is 11.5. The van der Waals surface area contributed by atoms with Gasteiger partial charge in [0.2, 0.25) is 0 Å². The van der Waals surface area contributed by atoms with Gasteiger partial charge in [-0.1, -0.05) is 0 Å². The normalized spacial score (nSPS) is 49.4. The van der Waals surface area contributed by atoms with Crippen molar-refractivity contribution < 1.29 is 9.53 Å². The first-order valence-electron chi connectivity index (χ1n) is 6.63. The van der Waals surface area contributed by atoms with Gasteiger partial charge in [0.1, 0.15) is 5.60 Å². The summed E-state index contributed by atoms with van der Waals surface area (Å²) < 4.78 is 5.76. The summed E-state index contributed by atoms with van der Waals surface area (Å²) in [7, 11) is 0. The predicted molar refractivity (Wildman–Crippen MR) is 61.5 cm³/mol. The monoisotopic (exact) mass is 221 g/mol. The largest absolute Gasteiger partial charge is 0.459 e. The van der Waals surface area contributed by atoms with Gasteiger partial charge in [0.25, 0.3) is 0 Å². The Labute approximate surface area is 97.7 Å². The number of carbonyl (C=O) groups is 1. The number of rotatable bonds is 2. The van der Waals surface area contributed by atoms with Gasteiger partial charge >= 0.3 is 5.97 Å². The lowest BCUT2D eigenvalue weighted by atomic mass is 9.50. The molecule has 0 heterocycles. The third kappa shape index (κ3) is 1.42. The number of ether oxygens (including phenoxy) is 1. The summed E-state index contributed by atoms with van der Waals surface area (Å²) in [5.74, 6) is 2.98. The molecule has 0 unspecified atom stereocenters. The molecule has 2 nitrogen and oxygen atoms in total. The molecular formula is C14H21O2. The zero-order valence-electron chi connectivity index (χ0n) is 10.1. The number of esters is 1. The molecule has 16 heavy (non-hydrogen) atoms. The molecule has 4 aliphatic carbocycles. The highest BCUT2D eigenvalue weighted by molar-refractivity contribution is 5.70. The molecule has 0 aromatic rings. The lowest BCUT2D eigenvalue weighted by Crippen LogP contribution is -2.57. The van der Waals surface area contributed by atoms with Crippen LogP contribution in [0.2, 0.25) is 0 Å². The van der Waals surface area contributed by atoms with Gasteiger partial charge in [0.15, 0.2) is 0 Å². The van der Waals surface area contributed by atoms with Crippen LogP contribution in [0.15, 0.2) is 0 Å². The third-order valence-electron chi connectivity index (χ3n) is 5.30. The fourth-order valence-corrected chi connectivity index (χ4v) is 4.58. The van der Waals surface area contributed by atoms with Gasteiger partial charge in [0.05, 0.1) is 0 Å². The van der Waals surface area contributed by atoms with Crippen LogP contribution in [0, 0.1) is 30.6 Å². The zero-order valence-corrected chi connectivity index (χ0v) is 10.1. The van der Waals surface area contributed by atoms with Gasteiger partial charge in [-0.3, -0.25) is 4.79 Å². The molecule has 4 rings (SSSR count). The summed E-state index contributed by atoms with van der Waals surface area (Å²) >= 11 is 0. The predicted octanol–water partition coefficient (Wildman–Crippen LogP) is 2.97. The summed E-state index contributed by atoms with van der Waals surface area (Å²) in [5, 5.41) is 0. The van der Waals surface area contributed by atoms with Crippen molar-refractivity contribution in [1.82, 2.24) is 0 Å². The molecular weight excluding hydrogens is 200 g/mol. The molecule has 4 bridgehead atoms. The van der Waals surface area contributed by atoms with Crippen LogP contribution in [0.1, 0.15) is 45.4 Å². The van der Waals surface area contributed by atoms with E-state index in [1.807, 2.05) is 0 Å². The van der Waals surface area contributed by atoms with Crippen LogP contribution < -0.4 is 0 Å². The Hall–Kier alpha value is -0.530. The van der Waals surface area contributed by atoms with E-state index in [0.717, 1.165) is 11.8 Å². The summed E-state index contributed by atoms with van der Waals surface area (Å²) in [6.45, 7) is 5.80. The quantitative estimate of drug-likeness (QED) is 0.670. The minimum Gasteiger partial charge on any atom is -0.459 e. The maximum atomic E-state index is 11.5. The maximum Gasteiger partial charge on any atom is 0.306 e. The SMILES string of the molecule is [CH2]CC(=O)OC1(C)C2CC3CC(C2)CC1C3. The van der Waals surface area contributed by atoms with Gasteiger partial charge < -0.3 is 4.74 Å². The second-order valence-electron chi connectivity index (χ2n) is 6.21. The number of hydrogen-bond donors (Lipinski definition) is 0. The fraction of sp³-hybridized carbons (Fsp3) is 0.857. The summed E-state index contributed by atoms with van der Waals surface area (Å²) in [6, 6.07) is 0. The minimum atomic E-state index is -0.164. The first-order chi connectivity index (χ1) is 7.61. The second-order valence-corrected chi connectivity index (χ2v) is 6.21. The van der Waals surface area contributed by atoms with Crippen LogP contribution in [0.4, 0.5) is 0 Å². The lowest BCUT2D eigenvalue weighted by molar-refractivity contribution is -0.202. The van der Waals surface area contributed by atoms with E-state index < -0.39 is 0 Å². The highest BCUT2D eigenvalue weighted by Gasteiger charge is 2.56. The standard InChI is InChI=1S/C14H21O2/c1-3-13(15)16-14(2)11-5-9-4-10(7-11)8-12(14)6-9/h9-12H,1,3-8H2,2H3. The van der Waals surface area contributed by atoms with Crippen LogP contribution in [0.5, 0.6) is 0 Å². The Balaban J connectivity index is 1.82. The molecule has 4 aliphatic rings. The van der Waals surface area contributed by atoms with Crippen LogP contribution in [-0.4, -0.2) is 11.6 Å². The highest BCUT2D eigenvalue weighted by Crippen LogP contribution is 2.59.